The molecule has 1 aromatic rings. The SMILES string of the molecule is O=C(CCC1CCCCC1)N1CCCC(Oc2nccc(C(F)(F)F)n2)C1. The van der Waals surface area contributed by atoms with Gasteiger partial charge in [-0.3, -0.25) is 4.79 Å². The second-order valence-electron chi connectivity index (χ2n) is 7.49. The van der Waals surface area contributed by atoms with Crippen molar-refractivity contribution in [3.63, 3.8) is 0 Å². The van der Waals surface area contributed by atoms with Crippen molar-refractivity contribution >= 4 is 5.91 Å². The predicted molar refractivity (Wildman–Crippen MR) is 93.1 cm³/mol. The maximum absolute atomic E-state index is 12.8. The first kappa shape index (κ1) is 19.9. The highest BCUT2D eigenvalue weighted by molar-refractivity contribution is 5.76. The number of ether oxygens (including phenoxy) is 1. The molecule has 150 valence electrons. The molecule has 5 nitrogen and oxygen atoms in total. The summed E-state index contributed by atoms with van der Waals surface area (Å²) in [5.41, 5.74) is -1.02. The van der Waals surface area contributed by atoms with Gasteiger partial charge >= 0.3 is 12.2 Å². The highest BCUT2D eigenvalue weighted by Gasteiger charge is 2.33. The van der Waals surface area contributed by atoms with Crippen LogP contribution in [0.2, 0.25) is 0 Å². The van der Waals surface area contributed by atoms with Crippen molar-refractivity contribution in [3.05, 3.63) is 18.0 Å². The fraction of sp³-hybridized carbons (Fsp3) is 0.737. The number of amides is 1. The third-order valence-electron chi connectivity index (χ3n) is 5.42. The number of hydrogen-bond donors (Lipinski definition) is 0. The lowest BCUT2D eigenvalue weighted by atomic mass is 9.86. The maximum Gasteiger partial charge on any atom is 0.433 e. The van der Waals surface area contributed by atoms with Gasteiger partial charge in [-0.05, 0) is 31.2 Å². The Balaban J connectivity index is 1.50. The van der Waals surface area contributed by atoms with Crippen LogP contribution in [-0.4, -0.2) is 40.0 Å². The number of nitrogens with zero attached hydrogens (tertiary/aromatic N) is 3. The Morgan fingerprint density at radius 1 is 1.19 bits per heavy atom. The molecule has 1 aliphatic heterocycles. The molecule has 1 amide bonds. The van der Waals surface area contributed by atoms with Crippen LogP contribution >= 0.6 is 0 Å². The first-order chi connectivity index (χ1) is 12.9. The van der Waals surface area contributed by atoms with Gasteiger partial charge in [0.1, 0.15) is 6.10 Å². The van der Waals surface area contributed by atoms with Crippen LogP contribution < -0.4 is 4.74 Å². The molecule has 8 heteroatoms. The summed E-state index contributed by atoms with van der Waals surface area (Å²) in [7, 11) is 0. The van der Waals surface area contributed by atoms with E-state index in [1.54, 1.807) is 4.90 Å². The molecule has 0 spiro atoms. The second-order valence-corrected chi connectivity index (χ2v) is 7.49. The number of alkyl halides is 3. The normalized spacial score (nSPS) is 21.9. The van der Waals surface area contributed by atoms with Crippen molar-refractivity contribution in [1.82, 2.24) is 14.9 Å². The average Bonchev–Trinajstić information content (AvgIpc) is 2.67. The van der Waals surface area contributed by atoms with Crippen LogP contribution in [0.3, 0.4) is 0 Å². The lowest BCUT2D eigenvalue weighted by molar-refractivity contribution is -0.141. The van der Waals surface area contributed by atoms with Crippen LogP contribution in [0.1, 0.15) is 63.5 Å². The van der Waals surface area contributed by atoms with E-state index < -0.39 is 11.9 Å². The lowest BCUT2D eigenvalue weighted by Crippen LogP contribution is -2.44. The molecule has 1 unspecified atom stereocenters. The average molecular weight is 385 g/mol. The van der Waals surface area contributed by atoms with E-state index in [9.17, 15) is 18.0 Å². The molecule has 1 atom stereocenters. The number of piperidine rings is 1. The van der Waals surface area contributed by atoms with Crippen molar-refractivity contribution in [2.75, 3.05) is 13.1 Å². The number of halogens is 3. The Kier molecular flexibility index (Phi) is 6.55. The molecule has 1 aliphatic carbocycles. The molecular formula is C19H26F3N3O2. The fourth-order valence-electron chi connectivity index (χ4n) is 3.93. The van der Waals surface area contributed by atoms with Gasteiger partial charge in [-0.2, -0.15) is 18.2 Å². The van der Waals surface area contributed by atoms with E-state index in [-0.39, 0.29) is 18.0 Å². The molecule has 0 aromatic carbocycles. The molecule has 1 saturated carbocycles. The van der Waals surface area contributed by atoms with E-state index in [4.69, 9.17) is 4.74 Å². The van der Waals surface area contributed by atoms with E-state index >= 15 is 0 Å². The van der Waals surface area contributed by atoms with Crippen LogP contribution in [-0.2, 0) is 11.0 Å². The standard InChI is InChI=1S/C19H26F3N3O2/c20-19(21,22)16-10-11-23-18(24-16)27-15-7-4-12-25(13-15)17(26)9-8-14-5-2-1-3-6-14/h10-11,14-15H,1-9,12-13H2. The van der Waals surface area contributed by atoms with E-state index in [0.717, 1.165) is 25.1 Å². The van der Waals surface area contributed by atoms with Gasteiger partial charge in [-0.25, -0.2) is 4.98 Å². The minimum atomic E-state index is -4.53. The first-order valence-electron chi connectivity index (χ1n) is 9.76. The Morgan fingerprint density at radius 3 is 2.70 bits per heavy atom. The van der Waals surface area contributed by atoms with Gasteiger partial charge in [-0.1, -0.05) is 32.1 Å². The third-order valence-corrected chi connectivity index (χ3v) is 5.42. The summed E-state index contributed by atoms with van der Waals surface area (Å²) in [4.78, 5) is 21.5. The molecule has 0 bridgehead atoms. The Hall–Kier alpha value is -1.86. The van der Waals surface area contributed by atoms with Gasteiger partial charge in [0.15, 0.2) is 5.69 Å². The van der Waals surface area contributed by atoms with Gasteiger partial charge < -0.3 is 9.64 Å². The summed E-state index contributed by atoms with van der Waals surface area (Å²) < 4.78 is 43.8. The molecule has 1 aromatic heterocycles. The number of hydrogen-bond acceptors (Lipinski definition) is 4. The highest BCUT2D eigenvalue weighted by Crippen LogP contribution is 2.29. The predicted octanol–water partition coefficient (Wildman–Crippen LogP) is 4.23. The molecule has 2 heterocycles. The first-order valence-corrected chi connectivity index (χ1v) is 9.76. The minimum Gasteiger partial charge on any atom is -0.458 e. The quantitative estimate of drug-likeness (QED) is 0.761. The highest BCUT2D eigenvalue weighted by atomic mass is 19.4. The maximum atomic E-state index is 12.8. The van der Waals surface area contributed by atoms with Gasteiger partial charge in [0.2, 0.25) is 5.91 Å². The number of rotatable bonds is 5. The second kappa shape index (κ2) is 8.89. The van der Waals surface area contributed by atoms with Crippen LogP contribution in [0.4, 0.5) is 13.2 Å². The number of carbonyl (C=O) groups excluding carboxylic acids is 1. The van der Waals surface area contributed by atoms with Gasteiger partial charge in [0, 0.05) is 19.2 Å². The lowest BCUT2D eigenvalue weighted by Gasteiger charge is -2.33. The molecule has 2 fully saturated rings. The summed E-state index contributed by atoms with van der Waals surface area (Å²) in [5, 5.41) is 0. The smallest absolute Gasteiger partial charge is 0.433 e. The summed E-state index contributed by atoms with van der Waals surface area (Å²) in [5.74, 6) is 0.761. The van der Waals surface area contributed by atoms with Crippen LogP contribution in [0.5, 0.6) is 6.01 Å². The number of likely N-dealkylation sites (tertiary alicyclic amines) is 1. The molecular weight excluding hydrogens is 359 g/mol. The Bertz CT molecular complexity index is 633. The largest absolute Gasteiger partial charge is 0.458 e. The summed E-state index contributed by atoms with van der Waals surface area (Å²) in [6, 6.07) is 0.529. The summed E-state index contributed by atoms with van der Waals surface area (Å²) in [6.45, 7) is 1.05. The zero-order valence-electron chi connectivity index (χ0n) is 15.4. The Morgan fingerprint density at radius 2 is 1.96 bits per heavy atom. The minimum absolute atomic E-state index is 0.110. The van der Waals surface area contributed by atoms with Crippen LogP contribution in [0.15, 0.2) is 12.3 Å². The zero-order chi connectivity index (χ0) is 19.3. The van der Waals surface area contributed by atoms with E-state index in [1.165, 1.54) is 32.1 Å². The van der Waals surface area contributed by atoms with Gasteiger partial charge in [0.25, 0.3) is 0 Å². The van der Waals surface area contributed by atoms with Crippen molar-refractivity contribution in [3.8, 4) is 6.01 Å². The Labute approximate surface area is 157 Å². The van der Waals surface area contributed by atoms with Gasteiger partial charge in [0.05, 0.1) is 6.54 Å². The monoisotopic (exact) mass is 385 g/mol. The van der Waals surface area contributed by atoms with Crippen LogP contribution in [0.25, 0.3) is 0 Å². The molecule has 3 rings (SSSR count). The van der Waals surface area contributed by atoms with Crippen molar-refractivity contribution < 1.29 is 22.7 Å². The zero-order valence-corrected chi connectivity index (χ0v) is 15.4. The number of carbonyl (C=O) groups is 1. The fourth-order valence-corrected chi connectivity index (χ4v) is 3.93. The summed E-state index contributed by atoms with van der Waals surface area (Å²) >= 11 is 0. The molecule has 0 radical (unpaired) electrons. The molecule has 2 aliphatic rings. The molecule has 1 saturated heterocycles. The van der Waals surface area contributed by atoms with Crippen molar-refractivity contribution in [2.45, 2.75) is 70.1 Å². The third kappa shape index (κ3) is 5.81. The number of aromatic nitrogens is 2. The van der Waals surface area contributed by atoms with E-state index in [0.29, 0.717) is 31.8 Å². The summed E-state index contributed by atoms with van der Waals surface area (Å²) in [6.07, 6.45) is 5.28. The molecule has 27 heavy (non-hydrogen) atoms. The van der Waals surface area contributed by atoms with Gasteiger partial charge in [-0.15, -0.1) is 0 Å². The van der Waals surface area contributed by atoms with Crippen molar-refractivity contribution in [1.29, 1.82) is 0 Å². The van der Waals surface area contributed by atoms with E-state index in [1.807, 2.05) is 0 Å². The van der Waals surface area contributed by atoms with Crippen LogP contribution in [0, 0.1) is 5.92 Å². The molecule has 0 N–H and O–H groups in total. The van der Waals surface area contributed by atoms with Crippen molar-refractivity contribution in [2.24, 2.45) is 5.92 Å². The van der Waals surface area contributed by atoms with E-state index in [2.05, 4.69) is 9.97 Å². The topological polar surface area (TPSA) is 55.3 Å².